The average Bonchev–Trinajstić information content (AvgIpc) is 2.19. The van der Waals surface area contributed by atoms with Crippen molar-refractivity contribution in [2.24, 2.45) is 5.16 Å². The molecule has 0 aromatic carbocycles. The predicted octanol–water partition coefficient (Wildman–Crippen LogP) is -4.08. The fraction of sp³-hybridized carbons (Fsp3) is 0.778. The van der Waals surface area contributed by atoms with Crippen molar-refractivity contribution in [1.82, 2.24) is 5.06 Å². The predicted molar refractivity (Wildman–Crippen MR) is 51.9 cm³/mol. The molecule has 1 rings (SSSR count). The maximum atomic E-state index is 10.6. The molecule has 1 aliphatic heterocycles. The minimum atomic E-state index is -2.03. The largest absolute Gasteiger partial charge is 1.00 e. The smallest absolute Gasteiger partial charge is 0.792 e. The third-order valence-corrected chi connectivity index (χ3v) is 1.49. The van der Waals surface area contributed by atoms with E-state index < -0.39 is 18.9 Å². The van der Waals surface area contributed by atoms with E-state index in [0.29, 0.717) is 6.10 Å². The van der Waals surface area contributed by atoms with Crippen molar-refractivity contribution in [1.29, 1.82) is 0 Å². The van der Waals surface area contributed by atoms with Crippen LogP contribution in [0.4, 0.5) is 0 Å². The molecule has 76 valence electrons. The Labute approximate surface area is 183 Å². The molecule has 0 aromatic rings. The molecule has 0 amide bonds. The van der Waals surface area contributed by atoms with E-state index >= 15 is 0 Å². The van der Waals surface area contributed by atoms with Crippen LogP contribution in [-0.4, -0.2) is 23.3 Å². The second-order valence-electron chi connectivity index (χ2n) is 3.00. The molecule has 1 aliphatic rings. The van der Waals surface area contributed by atoms with Crippen molar-refractivity contribution >= 4 is 5.71 Å². The fourth-order valence-corrected chi connectivity index (χ4v) is 0.974. The number of rotatable bonds is 2. The van der Waals surface area contributed by atoms with Gasteiger partial charge in [-0.2, -0.15) is 20.0 Å². The SMILES string of the molecule is [3H]C1C(=N[O-])CC([3H])([3H])N(O[C-](C)C)C1([3H])C.[K+].[K+]. The molecular weight excluding hydrogens is 246 g/mol. The molecule has 0 spiro atoms. The Bertz CT molecular complexity index is 329. The van der Waals surface area contributed by atoms with E-state index in [1.807, 2.05) is 0 Å². The van der Waals surface area contributed by atoms with E-state index in [1.165, 1.54) is 6.92 Å². The number of hydroxylamine groups is 2. The molecule has 1 fully saturated rings. The number of hydrogen-bond acceptors (Lipinski definition) is 4. The summed E-state index contributed by atoms with van der Waals surface area (Å²) < 4.78 is 31.4. The van der Waals surface area contributed by atoms with Crippen molar-refractivity contribution < 1.29 is 113 Å². The van der Waals surface area contributed by atoms with Crippen LogP contribution >= 0.6 is 0 Å². The summed E-state index contributed by atoms with van der Waals surface area (Å²) in [5, 5.41) is 14.0. The summed E-state index contributed by atoms with van der Waals surface area (Å²) in [7, 11) is 0. The first-order valence-corrected chi connectivity index (χ1v) is 4.02. The van der Waals surface area contributed by atoms with Gasteiger partial charge in [0.05, 0.1) is 0 Å². The standard InChI is InChI=1S/C9H17N2O2.2K/c1-7(2)13-11-5-4-9(10-12)6-8(11)3;;/h8,12H,4-6H2,1-3H3;;/q-1;2*+1/p-1/i5T2,6T,8T;;. The monoisotopic (exact) mass is 270 g/mol. The summed E-state index contributed by atoms with van der Waals surface area (Å²) in [5.74, 6) is 0. The molecule has 1 heterocycles. The van der Waals surface area contributed by atoms with Crippen LogP contribution in [0.25, 0.3) is 0 Å². The first kappa shape index (κ1) is 12.7. The second-order valence-corrected chi connectivity index (χ2v) is 3.00. The van der Waals surface area contributed by atoms with Crippen LogP contribution in [0.15, 0.2) is 5.16 Å². The third kappa shape index (κ3) is 7.63. The van der Waals surface area contributed by atoms with Gasteiger partial charge in [-0.1, -0.05) is 0 Å². The molecule has 1 saturated heterocycles. The number of piperidine rings is 1. The van der Waals surface area contributed by atoms with Gasteiger partial charge in [-0.3, -0.25) is 0 Å². The molecule has 4 nitrogen and oxygen atoms in total. The fourth-order valence-electron chi connectivity index (χ4n) is 0.974. The van der Waals surface area contributed by atoms with Crippen molar-refractivity contribution in [2.75, 3.05) is 6.50 Å². The minimum Gasteiger partial charge on any atom is -0.792 e. The minimum absolute atomic E-state index is 0. The van der Waals surface area contributed by atoms with Crippen LogP contribution in [0.2, 0.25) is 0 Å². The summed E-state index contributed by atoms with van der Waals surface area (Å²) in [6.07, 6.45) is -1.10. The molecule has 2 unspecified atom stereocenters. The zero-order valence-corrected chi connectivity index (χ0v) is 16.2. The summed E-state index contributed by atoms with van der Waals surface area (Å²) >= 11 is 0. The van der Waals surface area contributed by atoms with E-state index in [-0.39, 0.29) is 115 Å². The maximum absolute atomic E-state index is 10.6. The van der Waals surface area contributed by atoms with Crippen LogP contribution in [0.3, 0.4) is 0 Å². The summed E-state index contributed by atoms with van der Waals surface area (Å²) in [4.78, 5) is 5.20. The Balaban J connectivity index is 0. The van der Waals surface area contributed by atoms with Gasteiger partial charge in [0.15, 0.2) is 0 Å². The molecule has 2 atom stereocenters. The van der Waals surface area contributed by atoms with E-state index in [4.69, 9.17) is 10.3 Å². The zero-order valence-electron chi connectivity index (χ0n) is 14.0. The summed E-state index contributed by atoms with van der Waals surface area (Å²) in [5.41, 5.74) is -0.166. The molecule has 0 N–H and O–H groups in total. The average molecular weight is 270 g/mol. The number of nitrogens with zero attached hydrogens (tertiary/aromatic N) is 2. The molecule has 6 heteroatoms. The van der Waals surface area contributed by atoms with Gasteiger partial charge in [0, 0.05) is 30.1 Å². The van der Waals surface area contributed by atoms with Crippen molar-refractivity contribution in [3.8, 4) is 0 Å². The summed E-state index contributed by atoms with van der Waals surface area (Å²) in [6.45, 7) is 2.55. The second kappa shape index (κ2) is 10.6. The molecule has 15 heavy (non-hydrogen) atoms. The Kier molecular flexibility index (Phi) is 8.94. The van der Waals surface area contributed by atoms with Gasteiger partial charge < -0.3 is 15.2 Å². The topological polar surface area (TPSA) is 47.9 Å². The van der Waals surface area contributed by atoms with Gasteiger partial charge in [-0.25, -0.2) is 5.06 Å². The molecule has 0 saturated carbocycles. The first-order valence-electron chi connectivity index (χ1n) is 6.10. The van der Waals surface area contributed by atoms with Gasteiger partial charge in [0.25, 0.3) is 0 Å². The molecule has 0 bridgehead atoms. The van der Waals surface area contributed by atoms with E-state index in [2.05, 4.69) is 5.16 Å². The molecular formula is C9H16K2N2O2. The van der Waals surface area contributed by atoms with Crippen LogP contribution in [0.1, 0.15) is 39.1 Å². The van der Waals surface area contributed by atoms with Gasteiger partial charge in [-0.15, -0.1) is 0 Å². The van der Waals surface area contributed by atoms with E-state index in [0.717, 1.165) is 5.06 Å². The quantitative estimate of drug-likeness (QED) is 0.291. The van der Waals surface area contributed by atoms with Crippen LogP contribution < -0.4 is 103 Å². The van der Waals surface area contributed by atoms with Gasteiger partial charge in [-0.05, 0) is 13.3 Å². The maximum Gasteiger partial charge on any atom is 1.00 e. The third-order valence-electron chi connectivity index (χ3n) is 1.49. The zero-order chi connectivity index (χ0) is 13.4. The first-order chi connectivity index (χ1) is 7.63. The van der Waals surface area contributed by atoms with Gasteiger partial charge in [0.1, 0.15) is 0 Å². The number of hydrogen-bond donors (Lipinski definition) is 0. The molecule has 0 radical (unpaired) electrons. The normalized spacial score (nSPS) is 41.9. The van der Waals surface area contributed by atoms with Gasteiger partial charge in [0.2, 0.25) is 0 Å². The molecule has 0 aromatic heterocycles. The Hall–Kier alpha value is 2.66. The van der Waals surface area contributed by atoms with Crippen LogP contribution in [-0.2, 0) is 4.84 Å². The van der Waals surface area contributed by atoms with Gasteiger partial charge >= 0.3 is 103 Å². The Morgan fingerprint density at radius 1 is 1.67 bits per heavy atom. The summed E-state index contributed by atoms with van der Waals surface area (Å²) in [6, 6.07) is -1.71. The van der Waals surface area contributed by atoms with E-state index in [1.54, 1.807) is 13.8 Å². The van der Waals surface area contributed by atoms with E-state index in [9.17, 15) is 5.21 Å². The Morgan fingerprint density at radius 3 is 2.73 bits per heavy atom. The van der Waals surface area contributed by atoms with Crippen molar-refractivity contribution in [2.45, 2.75) is 39.6 Å². The van der Waals surface area contributed by atoms with Crippen molar-refractivity contribution in [3.63, 3.8) is 0 Å². The Morgan fingerprint density at radius 2 is 2.27 bits per heavy atom. The van der Waals surface area contributed by atoms with Crippen LogP contribution in [0.5, 0.6) is 0 Å². The van der Waals surface area contributed by atoms with Crippen LogP contribution in [0, 0.1) is 11.3 Å². The molecule has 0 aliphatic carbocycles. The van der Waals surface area contributed by atoms with Crippen molar-refractivity contribution in [3.05, 3.63) is 11.3 Å².